The number of aryl methyl sites for hydroxylation is 1. The van der Waals surface area contributed by atoms with Crippen LogP contribution in [0.15, 0.2) is 6.20 Å². The van der Waals surface area contributed by atoms with Crippen LogP contribution in [0.4, 0.5) is 0 Å². The molecule has 0 atom stereocenters. The maximum absolute atomic E-state index is 8.76. The minimum atomic E-state index is 0.226. The van der Waals surface area contributed by atoms with E-state index in [2.05, 4.69) is 10.3 Å². The number of hydrogen-bond acceptors (Lipinski definition) is 3. The fraction of sp³-hybridized carbons (Fsp3) is 0.800. The van der Waals surface area contributed by atoms with Crippen molar-refractivity contribution in [1.29, 1.82) is 0 Å². The minimum absolute atomic E-state index is 0.226. The molecule has 14 heavy (non-hydrogen) atoms. The van der Waals surface area contributed by atoms with Crippen molar-refractivity contribution in [1.82, 2.24) is 15.0 Å². The summed E-state index contributed by atoms with van der Waals surface area (Å²) in [5.41, 5.74) is 1.26. The molecule has 4 nitrogen and oxygen atoms in total. The molecule has 78 valence electrons. The topological polar surface area (TPSA) is 50.9 Å². The lowest BCUT2D eigenvalue weighted by molar-refractivity contribution is 0.275. The first kappa shape index (κ1) is 9.65. The predicted molar refractivity (Wildman–Crippen MR) is 52.9 cm³/mol. The van der Waals surface area contributed by atoms with E-state index in [1.807, 2.05) is 10.9 Å². The fourth-order valence-electron chi connectivity index (χ4n) is 2.20. The second kappa shape index (κ2) is 4.55. The first-order valence-electron chi connectivity index (χ1n) is 5.41. The first-order valence-corrected chi connectivity index (χ1v) is 5.41. The monoisotopic (exact) mass is 195 g/mol. The zero-order valence-electron chi connectivity index (χ0n) is 8.39. The van der Waals surface area contributed by atoms with Gasteiger partial charge < -0.3 is 5.11 Å². The molecular weight excluding hydrogens is 178 g/mol. The van der Waals surface area contributed by atoms with Gasteiger partial charge in [0.25, 0.3) is 0 Å². The normalized spacial score (nSPS) is 17.8. The average Bonchev–Trinajstić information content (AvgIpc) is 2.84. The smallest absolute Gasteiger partial charge is 0.0728 e. The van der Waals surface area contributed by atoms with Gasteiger partial charge in [-0.25, -0.2) is 4.68 Å². The highest BCUT2D eigenvalue weighted by molar-refractivity contribution is 5.05. The molecular formula is C10H17N3O. The van der Waals surface area contributed by atoms with Crippen molar-refractivity contribution in [2.75, 3.05) is 6.61 Å². The van der Waals surface area contributed by atoms with Crippen LogP contribution in [0, 0.1) is 0 Å². The quantitative estimate of drug-likeness (QED) is 0.788. The van der Waals surface area contributed by atoms with Gasteiger partial charge in [0.15, 0.2) is 0 Å². The molecule has 0 bridgehead atoms. The molecule has 0 amide bonds. The van der Waals surface area contributed by atoms with Crippen LogP contribution < -0.4 is 0 Å². The van der Waals surface area contributed by atoms with E-state index < -0.39 is 0 Å². The predicted octanol–water partition coefficient (Wildman–Crippen LogP) is 1.32. The molecule has 1 N–H and O–H groups in total. The highest BCUT2D eigenvalue weighted by Gasteiger charge is 2.20. The summed E-state index contributed by atoms with van der Waals surface area (Å²) in [6.45, 7) is 1.02. The average molecular weight is 195 g/mol. The molecule has 1 heterocycles. The van der Waals surface area contributed by atoms with Crippen LogP contribution in [0.25, 0.3) is 0 Å². The second-order valence-electron chi connectivity index (χ2n) is 3.94. The third-order valence-electron chi connectivity index (χ3n) is 2.95. The number of aromatic nitrogens is 3. The van der Waals surface area contributed by atoms with E-state index in [0.29, 0.717) is 5.92 Å². The Bertz CT molecular complexity index is 279. The lowest BCUT2D eigenvalue weighted by Gasteiger charge is -2.10. The summed E-state index contributed by atoms with van der Waals surface area (Å²) in [7, 11) is 0. The van der Waals surface area contributed by atoms with Crippen molar-refractivity contribution in [2.45, 2.75) is 44.6 Å². The second-order valence-corrected chi connectivity index (χ2v) is 3.94. The van der Waals surface area contributed by atoms with Crippen molar-refractivity contribution in [3.8, 4) is 0 Å². The third kappa shape index (κ3) is 1.95. The molecule has 1 aliphatic rings. The van der Waals surface area contributed by atoms with Gasteiger partial charge in [0.1, 0.15) is 0 Å². The molecule has 0 radical (unpaired) electrons. The Balaban J connectivity index is 2.04. The van der Waals surface area contributed by atoms with E-state index in [0.717, 1.165) is 13.0 Å². The van der Waals surface area contributed by atoms with Crippen LogP contribution in [0.3, 0.4) is 0 Å². The highest BCUT2D eigenvalue weighted by Crippen LogP contribution is 2.33. The molecule has 1 fully saturated rings. The Hall–Kier alpha value is -0.900. The molecule has 0 spiro atoms. The number of aliphatic hydroxyl groups excluding tert-OH is 1. The third-order valence-corrected chi connectivity index (χ3v) is 2.95. The Morgan fingerprint density at radius 3 is 2.93 bits per heavy atom. The van der Waals surface area contributed by atoms with Crippen LogP contribution >= 0.6 is 0 Å². The summed E-state index contributed by atoms with van der Waals surface area (Å²) >= 11 is 0. The Morgan fingerprint density at radius 1 is 1.43 bits per heavy atom. The van der Waals surface area contributed by atoms with E-state index >= 15 is 0 Å². The highest BCUT2D eigenvalue weighted by atomic mass is 16.3. The molecule has 0 aliphatic heterocycles. The number of hydrogen-bond donors (Lipinski definition) is 1. The van der Waals surface area contributed by atoms with Gasteiger partial charge >= 0.3 is 0 Å². The van der Waals surface area contributed by atoms with Crippen molar-refractivity contribution in [3.05, 3.63) is 11.9 Å². The van der Waals surface area contributed by atoms with Gasteiger partial charge in [-0.1, -0.05) is 18.1 Å². The van der Waals surface area contributed by atoms with E-state index in [1.165, 1.54) is 31.4 Å². The summed E-state index contributed by atoms with van der Waals surface area (Å²) in [4.78, 5) is 0. The Labute approximate surface area is 83.9 Å². The maximum atomic E-state index is 8.76. The minimum Gasteiger partial charge on any atom is -0.396 e. The summed E-state index contributed by atoms with van der Waals surface area (Å²) in [6, 6.07) is 0. The van der Waals surface area contributed by atoms with Gasteiger partial charge in [-0.2, -0.15) is 0 Å². The van der Waals surface area contributed by atoms with E-state index in [1.54, 1.807) is 0 Å². The van der Waals surface area contributed by atoms with Gasteiger partial charge in [0.2, 0.25) is 0 Å². The van der Waals surface area contributed by atoms with Crippen molar-refractivity contribution < 1.29 is 5.11 Å². The summed E-state index contributed by atoms with van der Waals surface area (Å²) in [6.07, 6.45) is 7.85. The summed E-state index contributed by atoms with van der Waals surface area (Å²) in [5.74, 6) is 0.656. The van der Waals surface area contributed by atoms with E-state index in [4.69, 9.17) is 5.11 Å². The molecule has 0 saturated heterocycles. The van der Waals surface area contributed by atoms with Gasteiger partial charge in [0, 0.05) is 19.1 Å². The zero-order chi connectivity index (χ0) is 9.80. The zero-order valence-corrected chi connectivity index (χ0v) is 8.39. The van der Waals surface area contributed by atoms with Crippen molar-refractivity contribution >= 4 is 0 Å². The summed E-state index contributed by atoms with van der Waals surface area (Å²) in [5, 5.41) is 16.8. The SMILES string of the molecule is OCCCn1nncc1C1CCCC1. The van der Waals surface area contributed by atoms with Crippen LogP contribution in [0.5, 0.6) is 0 Å². The lowest BCUT2D eigenvalue weighted by Crippen LogP contribution is -2.09. The van der Waals surface area contributed by atoms with E-state index in [9.17, 15) is 0 Å². The number of nitrogens with zero attached hydrogens (tertiary/aromatic N) is 3. The van der Waals surface area contributed by atoms with Crippen molar-refractivity contribution in [3.63, 3.8) is 0 Å². The molecule has 2 rings (SSSR count). The summed E-state index contributed by atoms with van der Waals surface area (Å²) < 4.78 is 1.95. The Kier molecular flexibility index (Phi) is 3.14. The van der Waals surface area contributed by atoms with Crippen LogP contribution in [-0.2, 0) is 6.54 Å². The molecule has 1 aromatic heterocycles. The number of aliphatic hydroxyl groups is 1. The Morgan fingerprint density at radius 2 is 2.21 bits per heavy atom. The van der Waals surface area contributed by atoms with Gasteiger partial charge in [-0.3, -0.25) is 0 Å². The maximum Gasteiger partial charge on any atom is 0.0728 e. The van der Waals surface area contributed by atoms with Crippen LogP contribution in [0.2, 0.25) is 0 Å². The fourth-order valence-corrected chi connectivity index (χ4v) is 2.20. The first-order chi connectivity index (χ1) is 6.92. The molecule has 4 heteroatoms. The van der Waals surface area contributed by atoms with Gasteiger partial charge in [-0.15, -0.1) is 5.10 Å². The van der Waals surface area contributed by atoms with Crippen molar-refractivity contribution in [2.24, 2.45) is 0 Å². The molecule has 0 aromatic carbocycles. The standard InChI is InChI=1S/C10H17N3O/c14-7-3-6-13-10(8-11-12-13)9-4-1-2-5-9/h8-9,14H,1-7H2. The molecule has 0 unspecified atom stereocenters. The molecule has 1 aromatic rings. The molecule has 1 saturated carbocycles. The van der Waals surface area contributed by atoms with Gasteiger partial charge in [-0.05, 0) is 19.3 Å². The lowest BCUT2D eigenvalue weighted by atomic mass is 10.1. The van der Waals surface area contributed by atoms with Crippen LogP contribution in [0.1, 0.15) is 43.7 Å². The molecule has 1 aliphatic carbocycles. The van der Waals surface area contributed by atoms with Gasteiger partial charge in [0.05, 0.1) is 11.9 Å². The van der Waals surface area contributed by atoms with E-state index in [-0.39, 0.29) is 6.61 Å². The van der Waals surface area contributed by atoms with Crippen LogP contribution in [-0.4, -0.2) is 26.7 Å². The largest absolute Gasteiger partial charge is 0.396 e. The number of rotatable bonds is 4.